The van der Waals surface area contributed by atoms with Gasteiger partial charge in [0, 0.05) is 15.6 Å². The third kappa shape index (κ3) is 3.28. The molecule has 0 saturated heterocycles. The van der Waals surface area contributed by atoms with E-state index >= 15 is 0 Å². The van der Waals surface area contributed by atoms with Crippen LogP contribution < -0.4 is 15.0 Å². The van der Waals surface area contributed by atoms with E-state index in [2.05, 4.69) is 5.32 Å². The molecule has 0 spiro atoms. The van der Waals surface area contributed by atoms with Gasteiger partial charge in [0.25, 0.3) is 11.8 Å². The molecular formula is C21H15ClN2O3S. The molecule has 1 aliphatic heterocycles. The average molecular weight is 411 g/mol. The molecule has 2 aromatic carbocycles. The molecule has 1 aliphatic rings. The minimum atomic E-state index is -0.411. The summed E-state index contributed by atoms with van der Waals surface area (Å²) in [7, 11) is 1.59. The number of nitrogens with one attached hydrogen (secondary N) is 1. The van der Waals surface area contributed by atoms with Crippen molar-refractivity contribution < 1.29 is 14.3 Å². The largest absolute Gasteiger partial charge is 0.497 e. The van der Waals surface area contributed by atoms with Gasteiger partial charge in [0.1, 0.15) is 11.4 Å². The monoisotopic (exact) mass is 410 g/mol. The first-order chi connectivity index (χ1) is 13.6. The van der Waals surface area contributed by atoms with E-state index in [1.165, 1.54) is 11.3 Å². The number of rotatable bonds is 5. The smallest absolute Gasteiger partial charge is 0.282 e. The number of anilines is 2. The van der Waals surface area contributed by atoms with Crippen LogP contribution in [0, 0.1) is 0 Å². The third-order valence-corrected chi connectivity index (χ3v) is 5.44. The van der Waals surface area contributed by atoms with Crippen molar-refractivity contribution in [2.24, 2.45) is 0 Å². The zero-order chi connectivity index (χ0) is 19.7. The number of imide groups is 1. The normalized spacial score (nSPS) is 14.0. The Morgan fingerprint density at radius 2 is 1.68 bits per heavy atom. The lowest BCUT2D eigenvalue weighted by atomic mass is 10.2. The number of ether oxygens (including phenoxy) is 1. The van der Waals surface area contributed by atoms with E-state index in [1.54, 1.807) is 55.6 Å². The molecule has 7 heteroatoms. The molecule has 140 valence electrons. The van der Waals surface area contributed by atoms with E-state index in [1.807, 2.05) is 17.5 Å². The average Bonchev–Trinajstić information content (AvgIpc) is 3.31. The van der Waals surface area contributed by atoms with E-state index in [4.69, 9.17) is 16.3 Å². The second-order valence-electron chi connectivity index (χ2n) is 6.00. The summed E-state index contributed by atoms with van der Waals surface area (Å²) in [6, 6.07) is 17.4. The third-order valence-electron chi connectivity index (χ3n) is 4.30. The van der Waals surface area contributed by atoms with Gasteiger partial charge in [0.05, 0.1) is 18.4 Å². The van der Waals surface area contributed by atoms with Crippen LogP contribution in [-0.4, -0.2) is 18.9 Å². The molecule has 5 nitrogen and oxygen atoms in total. The molecule has 1 aromatic heterocycles. The minimum absolute atomic E-state index is 0.243. The number of hydrogen-bond acceptors (Lipinski definition) is 5. The van der Waals surface area contributed by atoms with Gasteiger partial charge in [-0.05, 0) is 60.0 Å². The van der Waals surface area contributed by atoms with Gasteiger partial charge in [-0.1, -0.05) is 17.7 Å². The van der Waals surface area contributed by atoms with Crippen LogP contribution in [0.4, 0.5) is 11.4 Å². The number of hydrogen-bond donors (Lipinski definition) is 1. The standard InChI is InChI=1S/C21H15ClN2O3S/c1-27-16-10-6-14(7-11-16)23-19-18(17-3-2-12-28-17)20(25)24(21(19)26)15-8-4-13(22)5-9-15/h2-12,23H,1H3. The molecule has 0 unspecified atom stereocenters. The second-order valence-corrected chi connectivity index (χ2v) is 7.39. The molecule has 3 aromatic rings. The van der Waals surface area contributed by atoms with E-state index in [9.17, 15) is 9.59 Å². The van der Waals surface area contributed by atoms with E-state index in [0.29, 0.717) is 27.7 Å². The van der Waals surface area contributed by atoms with Gasteiger partial charge >= 0.3 is 0 Å². The highest BCUT2D eigenvalue weighted by atomic mass is 35.5. The summed E-state index contributed by atoms with van der Waals surface area (Å²) >= 11 is 7.35. The second kappa shape index (κ2) is 7.50. The van der Waals surface area contributed by atoms with Crippen molar-refractivity contribution in [2.75, 3.05) is 17.3 Å². The summed E-state index contributed by atoms with van der Waals surface area (Å²) in [5.74, 6) is -0.0769. The van der Waals surface area contributed by atoms with Gasteiger partial charge in [-0.25, -0.2) is 4.90 Å². The Hall–Kier alpha value is -3.09. The maximum Gasteiger partial charge on any atom is 0.282 e. The first kappa shape index (κ1) is 18.3. The van der Waals surface area contributed by atoms with Crippen molar-refractivity contribution in [1.29, 1.82) is 0 Å². The molecule has 28 heavy (non-hydrogen) atoms. The summed E-state index contributed by atoms with van der Waals surface area (Å²) in [4.78, 5) is 28.2. The predicted octanol–water partition coefficient (Wildman–Crippen LogP) is 4.81. The number of carbonyl (C=O) groups is 2. The molecular weight excluding hydrogens is 396 g/mol. The molecule has 0 fully saturated rings. The summed E-state index contributed by atoms with van der Waals surface area (Å²) < 4.78 is 5.16. The van der Waals surface area contributed by atoms with E-state index in [0.717, 1.165) is 9.78 Å². The Balaban J connectivity index is 1.75. The van der Waals surface area contributed by atoms with Crippen LogP contribution in [0.2, 0.25) is 5.02 Å². The lowest BCUT2D eigenvalue weighted by molar-refractivity contribution is -0.120. The van der Waals surface area contributed by atoms with Crippen molar-refractivity contribution in [2.45, 2.75) is 0 Å². The fraction of sp³-hybridized carbons (Fsp3) is 0.0476. The first-order valence-electron chi connectivity index (χ1n) is 8.42. The number of methoxy groups -OCH3 is 1. The highest BCUT2D eigenvalue weighted by Crippen LogP contribution is 2.35. The van der Waals surface area contributed by atoms with Gasteiger partial charge in [0.15, 0.2) is 0 Å². The fourth-order valence-corrected chi connectivity index (χ4v) is 3.83. The Kier molecular flexibility index (Phi) is 4.90. The lowest BCUT2D eigenvalue weighted by Crippen LogP contribution is -2.32. The maximum absolute atomic E-state index is 13.2. The number of amides is 2. The van der Waals surface area contributed by atoms with Gasteiger partial charge in [-0.3, -0.25) is 9.59 Å². The Morgan fingerprint density at radius 3 is 2.29 bits per heavy atom. The number of halogens is 1. The van der Waals surface area contributed by atoms with Crippen LogP contribution in [0.25, 0.3) is 5.57 Å². The fourth-order valence-electron chi connectivity index (χ4n) is 2.94. The van der Waals surface area contributed by atoms with Crippen LogP contribution in [0.15, 0.2) is 71.7 Å². The SMILES string of the molecule is COc1ccc(NC2=C(c3cccs3)C(=O)N(c3ccc(Cl)cc3)C2=O)cc1. The summed E-state index contributed by atoms with van der Waals surface area (Å²) in [5, 5.41) is 5.52. The highest BCUT2D eigenvalue weighted by Gasteiger charge is 2.40. The molecule has 0 bridgehead atoms. The highest BCUT2D eigenvalue weighted by molar-refractivity contribution is 7.11. The van der Waals surface area contributed by atoms with Crippen LogP contribution >= 0.6 is 22.9 Å². The number of benzene rings is 2. The van der Waals surface area contributed by atoms with Crippen molar-refractivity contribution in [1.82, 2.24) is 0 Å². The van der Waals surface area contributed by atoms with Crippen molar-refractivity contribution >= 4 is 51.7 Å². The molecule has 4 rings (SSSR count). The minimum Gasteiger partial charge on any atom is -0.497 e. The molecule has 0 radical (unpaired) electrons. The summed E-state index contributed by atoms with van der Waals surface area (Å²) in [5.41, 5.74) is 1.75. The molecule has 0 aliphatic carbocycles. The van der Waals surface area contributed by atoms with Gasteiger partial charge in [-0.15, -0.1) is 11.3 Å². The van der Waals surface area contributed by atoms with Gasteiger partial charge in [-0.2, -0.15) is 0 Å². The molecule has 0 saturated carbocycles. The molecule has 1 N–H and O–H groups in total. The van der Waals surface area contributed by atoms with Crippen molar-refractivity contribution in [3.8, 4) is 5.75 Å². The quantitative estimate of drug-likeness (QED) is 0.613. The van der Waals surface area contributed by atoms with Crippen molar-refractivity contribution in [3.05, 3.63) is 81.6 Å². The zero-order valence-corrected chi connectivity index (χ0v) is 16.4. The summed E-state index contributed by atoms with van der Waals surface area (Å²) in [6.45, 7) is 0. The topological polar surface area (TPSA) is 58.6 Å². The van der Waals surface area contributed by atoms with E-state index in [-0.39, 0.29) is 11.6 Å². The Morgan fingerprint density at radius 1 is 0.964 bits per heavy atom. The Bertz CT molecular complexity index is 1060. The van der Waals surface area contributed by atoms with Gasteiger partial charge in [0.2, 0.25) is 0 Å². The maximum atomic E-state index is 13.2. The van der Waals surface area contributed by atoms with Crippen LogP contribution in [0.5, 0.6) is 5.75 Å². The zero-order valence-electron chi connectivity index (χ0n) is 14.8. The molecule has 2 amide bonds. The van der Waals surface area contributed by atoms with Crippen LogP contribution in [0.3, 0.4) is 0 Å². The molecule has 2 heterocycles. The molecule has 0 atom stereocenters. The number of nitrogens with zero attached hydrogens (tertiary/aromatic N) is 1. The van der Waals surface area contributed by atoms with Crippen LogP contribution in [-0.2, 0) is 9.59 Å². The Labute approximate surface area is 170 Å². The van der Waals surface area contributed by atoms with Gasteiger partial charge < -0.3 is 10.1 Å². The number of carbonyl (C=O) groups excluding carboxylic acids is 2. The predicted molar refractivity (Wildman–Crippen MR) is 112 cm³/mol. The number of thiophene rings is 1. The lowest BCUT2D eigenvalue weighted by Gasteiger charge is -2.15. The van der Waals surface area contributed by atoms with E-state index < -0.39 is 5.91 Å². The van der Waals surface area contributed by atoms with Crippen molar-refractivity contribution in [3.63, 3.8) is 0 Å². The first-order valence-corrected chi connectivity index (χ1v) is 9.68. The summed E-state index contributed by atoms with van der Waals surface area (Å²) in [6.07, 6.45) is 0. The van der Waals surface area contributed by atoms with Crippen LogP contribution in [0.1, 0.15) is 4.88 Å².